The van der Waals surface area contributed by atoms with Crippen molar-refractivity contribution in [3.8, 4) is 0 Å². The molecule has 7 heteroatoms. The van der Waals surface area contributed by atoms with Crippen LogP contribution in [0.1, 0.15) is 30.9 Å². The highest BCUT2D eigenvalue weighted by atomic mass is 79.9. The number of halogens is 3. The van der Waals surface area contributed by atoms with Gasteiger partial charge in [0.25, 0.3) is 0 Å². The number of hydrogen-bond acceptors (Lipinski definition) is 3. The van der Waals surface area contributed by atoms with Crippen molar-refractivity contribution in [3.63, 3.8) is 0 Å². The van der Waals surface area contributed by atoms with Crippen LogP contribution >= 0.6 is 0 Å². The number of rotatable bonds is 5. The number of quaternary nitrogens is 1. The molecule has 4 atom stereocenters. The molecule has 2 heterocycles. The molecule has 166 valence electrons. The van der Waals surface area contributed by atoms with Crippen molar-refractivity contribution in [2.24, 2.45) is 0 Å². The van der Waals surface area contributed by atoms with E-state index in [0.717, 1.165) is 11.0 Å². The van der Waals surface area contributed by atoms with Crippen LogP contribution in [-0.2, 0) is 15.1 Å². The maximum absolute atomic E-state index is 13.4. The van der Waals surface area contributed by atoms with Gasteiger partial charge in [0, 0.05) is 12.8 Å². The van der Waals surface area contributed by atoms with E-state index < -0.39 is 23.2 Å². The maximum Gasteiger partial charge on any atom is 0.347 e. The first-order valence-electron chi connectivity index (χ1n) is 10.3. The van der Waals surface area contributed by atoms with Gasteiger partial charge in [0.15, 0.2) is 0 Å². The summed E-state index contributed by atoms with van der Waals surface area (Å²) >= 11 is 0. The Bertz CT molecular complexity index is 900. The Balaban J connectivity index is 0.00000272. The van der Waals surface area contributed by atoms with Crippen molar-refractivity contribution in [3.05, 3.63) is 83.4 Å². The number of nitrogens with zero attached hydrogens (tertiary/aromatic N) is 1. The van der Waals surface area contributed by atoms with E-state index in [1.807, 2.05) is 0 Å². The van der Waals surface area contributed by atoms with E-state index >= 15 is 0 Å². The largest absolute Gasteiger partial charge is 1.00 e. The van der Waals surface area contributed by atoms with Gasteiger partial charge in [-0.25, -0.2) is 13.6 Å². The van der Waals surface area contributed by atoms with Gasteiger partial charge in [0.05, 0.1) is 13.6 Å². The Kier molecular flexibility index (Phi) is 6.69. The first-order chi connectivity index (χ1) is 14.3. The fraction of sp³-hybridized carbons (Fsp3) is 0.375. The predicted molar refractivity (Wildman–Crippen MR) is 108 cm³/mol. The van der Waals surface area contributed by atoms with Crippen LogP contribution in [0.15, 0.2) is 60.7 Å². The summed E-state index contributed by atoms with van der Waals surface area (Å²) in [6, 6.07) is 10.6. The first-order valence-corrected chi connectivity index (χ1v) is 10.3. The van der Waals surface area contributed by atoms with Crippen LogP contribution in [0.5, 0.6) is 0 Å². The minimum atomic E-state index is -2.16. The second kappa shape index (κ2) is 8.81. The zero-order valence-corrected chi connectivity index (χ0v) is 19.1. The van der Waals surface area contributed by atoms with Gasteiger partial charge >= 0.3 is 5.97 Å². The second-order valence-corrected chi connectivity index (χ2v) is 8.41. The number of hydrogen-bond donors (Lipinski definition) is 1. The smallest absolute Gasteiger partial charge is 0.347 e. The molecule has 31 heavy (non-hydrogen) atoms. The number of aliphatic hydroxyl groups is 1. The number of piperidine rings is 1. The molecule has 0 saturated carbocycles. The van der Waals surface area contributed by atoms with Crippen molar-refractivity contribution in [2.45, 2.75) is 43.6 Å². The van der Waals surface area contributed by atoms with E-state index in [9.17, 15) is 18.7 Å². The lowest BCUT2D eigenvalue weighted by Crippen LogP contribution is -3.00. The number of carbonyl (C=O) groups excluding carboxylic acids is 1. The van der Waals surface area contributed by atoms with Crippen LogP contribution in [0.25, 0.3) is 0 Å². The fourth-order valence-corrected chi connectivity index (χ4v) is 4.76. The molecule has 3 unspecified atom stereocenters. The van der Waals surface area contributed by atoms with Gasteiger partial charge in [-0.05, 0) is 54.5 Å². The Hall–Kier alpha value is -2.09. The monoisotopic (exact) mass is 493 g/mol. The third-order valence-corrected chi connectivity index (χ3v) is 6.85. The molecule has 4 rings (SSSR count). The summed E-state index contributed by atoms with van der Waals surface area (Å²) in [7, 11) is 2.21. The van der Waals surface area contributed by atoms with Crippen molar-refractivity contribution in [1.29, 1.82) is 0 Å². The lowest BCUT2D eigenvalue weighted by Gasteiger charge is -2.46. The Morgan fingerprint density at radius 3 is 1.81 bits per heavy atom. The second-order valence-electron chi connectivity index (χ2n) is 8.41. The minimum absolute atomic E-state index is 0. The van der Waals surface area contributed by atoms with Crippen LogP contribution in [0, 0.1) is 11.6 Å². The minimum Gasteiger partial charge on any atom is -1.00 e. The molecule has 4 nitrogen and oxygen atoms in total. The molecule has 0 aromatic heterocycles. The van der Waals surface area contributed by atoms with Gasteiger partial charge in [-0.3, -0.25) is 0 Å². The molecule has 2 aliphatic rings. The van der Waals surface area contributed by atoms with Gasteiger partial charge in [-0.1, -0.05) is 24.3 Å². The van der Waals surface area contributed by atoms with E-state index in [1.165, 1.54) is 48.5 Å². The van der Waals surface area contributed by atoms with E-state index in [4.69, 9.17) is 4.74 Å². The average Bonchev–Trinajstić information content (AvgIpc) is 2.90. The molecular formula is C24H26BrF2NO3. The van der Waals surface area contributed by atoms with Gasteiger partial charge < -0.3 is 31.3 Å². The van der Waals surface area contributed by atoms with E-state index in [-0.39, 0.29) is 46.3 Å². The first kappa shape index (κ1) is 23.6. The van der Waals surface area contributed by atoms with E-state index in [1.54, 1.807) is 0 Å². The molecule has 0 amide bonds. The fourth-order valence-electron chi connectivity index (χ4n) is 4.76. The standard InChI is InChI=1S/C24H26F2NO3.BrH/c1-3-27(2)20-12-13-21(27)15-22(14-20)30-23(28)24(29,16-4-8-18(25)9-5-16)17-6-10-19(26)11-7-17;/h4-13,20-22,29H,3,14-15H2,1-2H3;1H/q+1;/p-1/t20-,21?,22?,27?;/m1./s1. The Labute approximate surface area is 191 Å². The lowest BCUT2D eigenvalue weighted by atomic mass is 9.86. The molecule has 2 aromatic carbocycles. The van der Waals surface area contributed by atoms with Crippen molar-refractivity contribution in [1.82, 2.24) is 0 Å². The Morgan fingerprint density at radius 1 is 1.00 bits per heavy atom. The van der Waals surface area contributed by atoms with Crippen LogP contribution in [0.3, 0.4) is 0 Å². The number of benzene rings is 2. The van der Waals surface area contributed by atoms with Crippen LogP contribution in [0.2, 0.25) is 0 Å². The molecule has 2 bridgehead atoms. The van der Waals surface area contributed by atoms with Gasteiger partial charge in [0.2, 0.25) is 5.60 Å². The van der Waals surface area contributed by atoms with E-state index in [2.05, 4.69) is 26.1 Å². The highest BCUT2D eigenvalue weighted by Crippen LogP contribution is 2.39. The molecule has 1 saturated heterocycles. The van der Waals surface area contributed by atoms with Crippen LogP contribution < -0.4 is 17.0 Å². The molecule has 2 aliphatic heterocycles. The molecule has 0 radical (unpaired) electrons. The van der Waals surface area contributed by atoms with Gasteiger partial charge in [-0.15, -0.1) is 0 Å². The predicted octanol–water partition coefficient (Wildman–Crippen LogP) is 0.684. The maximum atomic E-state index is 13.4. The number of fused-ring (bicyclic) bond motifs is 2. The molecular weight excluding hydrogens is 468 g/mol. The molecule has 2 aromatic rings. The number of carbonyl (C=O) groups is 1. The molecule has 1 N–H and O–H groups in total. The summed E-state index contributed by atoms with van der Waals surface area (Å²) in [4.78, 5) is 13.3. The quantitative estimate of drug-likeness (QED) is 0.378. The van der Waals surface area contributed by atoms with Crippen LogP contribution in [0.4, 0.5) is 8.78 Å². The van der Waals surface area contributed by atoms with Crippen molar-refractivity contribution in [2.75, 3.05) is 13.6 Å². The van der Waals surface area contributed by atoms with Gasteiger partial charge in [-0.2, -0.15) is 0 Å². The number of esters is 1. The normalized spacial score (nSPS) is 26.9. The third kappa shape index (κ3) is 4.06. The SMILES string of the molecule is CC[N+]1(C)C2C=C[C@@H]1CC(OC(=O)C(O)(c1ccc(F)cc1)c1ccc(F)cc1)C2.[Br-]. The number of likely N-dealkylation sites (N-methyl/N-ethyl adjacent to an activating group) is 1. The Morgan fingerprint density at radius 2 is 1.42 bits per heavy atom. The average molecular weight is 494 g/mol. The highest BCUT2D eigenvalue weighted by Gasteiger charge is 2.50. The van der Waals surface area contributed by atoms with E-state index in [0.29, 0.717) is 12.8 Å². The zero-order valence-electron chi connectivity index (χ0n) is 17.5. The summed E-state index contributed by atoms with van der Waals surface area (Å²) in [5, 5.41) is 11.5. The lowest BCUT2D eigenvalue weighted by molar-refractivity contribution is -0.943. The van der Waals surface area contributed by atoms with Crippen molar-refractivity contribution >= 4 is 5.97 Å². The third-order valence-electron chi connectivity index (χ3n) is 6.85. The van der Waals surface area contributed by atoms with Gasteiger partial charge in [0.1, 0.15) is 29.8 Å². The summed E-state index contributed by atoms with van der Waals surface area (Å²) in [6.45, 7) is 3.14. The van der Waals surface area contributed by atoms with Crippen LogP contribution in [-0.4, -0.2) is 47.3 Å². The summed E-state index contributed by atoms with van der Waals surface area (Å²) in [6.07, 6.45) is 5.38. The number of ether oxygens (including phenoxy) is 1. The molecule has 0 aliphatic carbocycles. The topological polar surface area (TPSA) is 46.5 Å². The zero-order chi connectivity index (χ0) is 21.5. The highest BCUT2D eigenvalue weighted by molar-refractivity contribution is 5.85. The molecule has 0 spiro atoms. The summed E-state index contributed by atoms with van der Waals surface area (Å²) in [5.41, 5.74) is -1.81. The summed E-state index contributed by atoms with van der Waals surface area (Å²) in [5.74, 6) is -1.81. The molecule has 1 fully saturated rings. The summed E-state index contributed by atoms with van der Waals surface area (Å²) < 4.78 is 33.6. The van der Waals surface area contributed by atoms with Crippen molar-refractivity contribution < 1.29 is 44.9 Å².